The molecule has 0 heterocycles. The number of nitrogens with zero attached hydrogens (tertiary/aromatic N) is 1. The maximum absolute atomic E-state index is 11.8. The van der Waals surface area contributed by atoms with Gasteiger partial charge in [-0.05, 0) is 26.8 Å². The van der Waals surface area contributed by atoms with Crippen molar-refractivity contribution in [2.24, 2.45) is 0 Å². The molecule has 0 aliphatic heterocycles. The van der Waals surface area contributed by atoms with Gasteiger partial charge in [0.25, 0.3) is 5.69 Å². The molecule has 0 saturated heterocycles. The summed E-state index contributed by atoms with van der Waals surface area (Å²) >= 11 is 6.02. The molecule has 1 rings (SSSR count). The first-order valence-corrected chi connectivity index (χ1v) is 6.89. The number of hydrogen-bond donors (Lipinski definition) is 1. The van der Waals surface area contributed by atoms with Crippen LogP contribution in [0.5, 0.6) is 0 Å². The van der Waals surface area contributed by atoms with Crippen LogP contribution in [0.2, 0.25) is 5.02 Å². The largest absolute Gasteiger partial charge is 0.444 e. The van der Waals surface area contributed by atoms with Crippen molar-refractivity contribution < 1.29 is 19.2 Å². The molecule has 0 unspecified atom stereocenters. The van der Waals surface area contributed by atoms with Gasteiger partial charge >= 0.3 is 6.09 Å². The molecule has 0 fully saturated rings. The molecular weight excluding hydrogens is 312 g/mol. The number of aldehydes is 1. The van der Waals surface area contributed by atoms with Gasteiger partial charge in [0.15, 0.2) is 0 Å². The summed E-state index contributed by atoms with van der Waals surface area (Å²) in [4.78, 5) is 32.9. The molecule has 8 heteroatoms. The smallest absolute Gasteiger partial charge is 0.408 e. The van der Waals surface area contributed by atoms with Crippen molar-refractivity contribution in [2.75, 3.05) is 0 Å². The van der Waals surface area contributed by atoms with Crippen molar-refractivity contribution in [1.29, 1.82) is 0 Å². The third-order valence-electron chi connectivity index (χ3n) is 2.59. The topological polar surface area (TPSA) is 98.5 Å². The first-order valence-electron chi connectivity index (χ1n) is 6.51. The van der Waals surface area contributed by atoms with Crippen LogP contribution in [0.15, 0.2) is 18.2 Å². The van der Waals surface area contributed by atoms with Crippen LogP contribution in [-0.4, -0.2) is 22.9 Å². The Kier molecular flexibility index (Phi) is 5.87. The van der Waals surface area contributed by atoms with Gasteiger partial charge < -0.3 is 14.8 Å². The number of nitrogens with one attached hydrogen (secondary N) is 1. The highest BCUT2D eigenvalue weighted by Crippen LogP contribution is 2.29. The van der Waals surface area contributed by atoms with Crippen molar-refractivity contribution in [1.82, 2.24) is 5.32 Å². The minimum absolute atomic E-state index is 0.0832. The lowest BCUT2D eigenvalue weighted by Gasteiger charge is -2.23. The number of nitro benzene ring substituents is 1. The second kappa shape index (κ2) is 7.22. The number of nitro groups is 1. The van der Waals surface area contributed by atoms with Gasteiger partial charge in [0.2, 0.25) is 0 Å². The van der Waals surface area contributed by atoms with E-state index >= 15 is 0 Å². The van der Waals surface area contributed by atoms with E-state index in [4.69, 9.17) is 16.3 Å². The van der Waals surface area contributed by atoms with Crippen molar-refractivity contribution in [2.45, 2.75) is 38.8 Å². The average Bonchev–Trinajstić information content (AvgIpc) is 2.36. The number of carbonyl (C=O) groups excluding carboxylic acids is 2. The molecule has 0 aliphatic carbocycles. The molecule has 1 N–H and O–H groups in total. The fraction of sp³-hybridized carbons (Fsp3) is 0.429. The monoisotopic (exact) mass is 328 g/mol. The Morgan fingerprint density at radius 1 is 1.50 bits per heavy atom. The number of halogens is 1. The Morgan fingerprint density at radius 3 is 2.64 bits per heavy atom. The number of hydrogen-bond acceptors (Lipinski definition) is 5. The molecule has 0 aliphatic rings. The molecule has 0 spiro atoms. The predicted octanol–water partition coefficient (Wildman–Crippen LogP) is 3.40. The minimum atomic E-state index is -0.806. The molecule has 1 aromatic carbocycles. The summed E-state index contributed by atoms with van der Waals surface area (Å²) in [6.07, 6.45) is -0.223. The van der Waals surface area contributed by atoms with E-state index < -0.39 is 22.7 Å². The molecule has 22 heavy (non-hydrogen) atoms. The first-order chi connectivity index (χ1) is 10.1. The summed E-state index contributed by atoms with van der Waals surface area (Å²) in [7, 11) is 0. The van der Waals surface area contributed by atoms with Gasteiger partial charge in [0.1, 0.15) is 11.9 Å². The fourth-order valence-electron chi connectivity index (χ4n) is 1.72. The highest BCUT2D eigenvalue weighted by atomic mass is 35.5. The quantitative estimate of drug-likeness (QED) is 0.507. The molecule has 1 atom stereocenters. The van der Waals surface area contributed by atoms with Crippen LogP contribution < -0.4 is 5.32 Å². The number of carbonyl (C=O) groups is 2. The van der Waals surface area contributed by atoms with Crippen LogP contribution in [-0.2, 0) is 9.53 Å². The molecule has 120 valence electrons. The van der Waals surface area contributed by atoms with Crippen molar-refractivity contribution in [3.63, 3.8) is 0 Å². The number of rotatable bonds is 5. The highest BCUT2D eigenvalue weighted by molar-refractivity contribution is 6.31. The van der Waals surface area contributed by atoms with Crippen molar-refractivity contribution >= 4 is 29.7 Å². The van der Waals surface area contributed by atoms with Crippen LogP contribution in [0.25, 0.3) is 0 Å². The molecule has 0 radical (unpaired) electrons. The first kappa shape index (κ1) is 17.9. The van der Waals surface area contributed by atoms with Crippen LogP contribution in [0.1, 0.15) is 38.8 Å². The summed E-state index contributed by atoms with van der Waals surface area (Å²) in [6, 6.07) is 3.02. The molecule has 0 bridgehead atoms. The third kappa shape index (κ3) is 5.33. The highest BCUT2D eigenvalue weighted by Gasteiger charge is 2.23. The second-order valence-electron chi connectivity index (χ2n) is 5.56. The van der Waals surface area contributed by atoms with E-state index in [9.17, 15) is 19.7 Å². The standard InChI is InChI=1S/C14H17ClN2O5/c1-14(2,3)22-13(19)16-12(6-7-18)10-8-9(17(20)21)4-5-11(10)15/h4-5,7-8,12H,6H2,1-3H3,(H,16,19)/t12-/m1/s1. The van der Waals surface area contributed by atoms with Crippen LogP contribution in [0.3, 0.4) is 0 Å². The molecule has 7 nitrogen and oxygen atoms in total. The van der Waals surface area contributed by atoms with Gasteiger partial charge in [0.05, 0.1) is 11.0 Å². The number of amides is 1. The number of ether oxygens (including phenoxy) is 1. The minimum Gasteiger partial charge on any atom is -0.444 e. The zero-order chi connectivity index (χ0) is 16.9. The van der Waals surface area contributed by atoms with Gasteiger partial charge in [-0.2, -0.15) is 0 Å². The van der Waals surface area contributed by atoms with Crippen LogP contribution in [0, 0.1) is 10.1 Å². The van der Waals surface area contributed by atoms with E-state index in [1.807, 2.05) is 0 Å². The van der Waals surface area contributed by atoms with Gasteiger partial charge in [-0.15, -0.1) is 0 Å². The van der Waals surface area contributed by atoms with Crippen LogP contribution in [0.4, 0.5) is 10.5 Å². The van der Waals surface area contributed by atoms with E-state index in [-0.39, 0.29) is 22.7 Å². The van der Waals surface area contributed by atoms with Gasteiger partial charge in [-0.3, -0.25) is 10.1 Å². The summed E-state index contributed by atoms with van der Waals surface area (Å²) in [6.45, 7) is 5.09. The van der Waals surface area contributed by atoms with E-state index in [1.54, 1.807) is 20.8 Å². The van der Waals surface area contributed by atoms with Gasteiger partial charge in [-0.1, -0.05) is 11.6 Å². The van der Waals surface area contributed by atoms with E-state index in [2.05, 4.69) is 5.32 Å². The van der Waals surface area contributed by atoms with E-state index in [0.29, 0.717) is 6.29 Å². The van der Waals surface area contributed by atoms with E-state index in [1.165, 1.54) is 18.2 Å². The van der Waals surface area contributed by atoms with Crippen molar-refractivity contribution in [3.8, 4) is 0 Å². The Labute approximate surface area is 132 Å². The maximum atomic E-state index is 11.8. The SMILES string of the molecule is CC(C)(C)OC(=O)N[C@H](CC=O)c1cc([N+](=O)[O-])ccc1Cl. The third-order valence-corrected chi connectivity index (χ3v) is 2.93. The summed E-state index contributed by atoms with van der Waals surface area (Å²) in [5.41, 5.74) is -0.599. The number of alkyl carbamates (subject to hydrolysis) is 1. The number of benzene rings is 1. The van der Waals surface area contributed by atoms with Gasteiger partial charge in [-0.25, -0.2) is 4.79 Å². The molecule has 0 aromatic heterocycles. The summed E-state index contributed by atoms with van der Waals surface area (Å²) in [5.74, 6) is 0. The summed E-state index contributed by atoms with van der Waals surface area (Å²) < 4.78 is 5.11. The Balaban J connectivity index is 3.05. The van der Waals surface area contributed by atoms with E-state index in [0.717, 1.165) is 0 Å². The lowest BCUT2D eigenvalue weighted by Crippen LogP contribution is -2.35. The normalized spacial score (nSPS) is 12.4. The fourth-order valence-corrected chi connectivity index (χ4v) is 1.97. The Bertz CT molecular complexity index is 583. The lowest BCUT2D eigenvalue weighted by molar-refractivity contribution is -0.384. The number of non-ortho nitro benzene ring substituents is 1. The Hall–Kier alpha value is -2.15. The maximum Gasteiger partial charge on any atom is 0.408 e. The zero-order valence-electron chi connectivity index (χ0n) is 12.5. The predicted molar refractivity (Wildman–Crippen MR) is 80.9 cm³/mol. The Morgan fingerprint density at radius 2 is 2.14 bits per heavy atom. The van der Waals surface area contributed by atoms with Gasteiger partial charge in [0, 0.05) is 29.1 Å². The summed E-state index contributed by atoms with van der Waals surface area (Å²) in [5, 5.41) is 13.6. The molecule has 0 saturated carbocycles. The molecule has 1 aromatic rings. The second-order valence-corrected chi connectivity index (χ2v) is 5.97. The zero-order valence-corrected chi connectivity index (χ0v) is 13.2. The molecular formula is C14H17ClN2O5. The molecule has 1 amide bonds. The van der Waals surface area contributed by atoms with Crippen LogP contribution >= 0.6 is 11.6 Å². The average molecular weight is 329 g/mol. The van der Waals surface area contributed by atoms with Crippen molar-refractivity contribution in [3.05, 3.63) is 38.9 Å². The lowest BCUT2D eigenvalue weighted by atomic mass is 10.0.